The van der Waals surface area contributed by atoms with Crippen LogP contribution in [0.5, 0.6) is 0 Å². The van der Waals surface area contributed by atoms with Gasteiger partial charge in [0.2, 0.25) is 5.71 Å². The van der Waals surface area contributed by atoms with Crippen LogP contribution in [0.15, 0.2) is 38.2 Å². The summed E-state index contributed by atoms with van der Waals surface area (Å²) in [5.74, 6) is -1.55. The van der Waals surface area contributed by atoms with Crippen molar-refractivity contribution >= 4 is 44.3 Å². The van der Waals surface area contributed by atoms with Crippen LogP contribution >= 0.6 is 11.3 Å². The van der Waals surface area contributed by atoms with E-state index >= 15 is 0 Å². The molecule has 2 aromatic heterocycles. The molecular weight excluding hydrogens is 418 g/mol. The number of Topliss-reactive ketones (excluding diaryl/α,β-unsaturated/α-hetero) is 1. The maximum absolute atomic E-state index is 12.8. The number of hydrazone groups is 1. The number of nitrogens with zero attached hydrogens (tertiary/aromatic N) is 2. The topological polar surface area (TPSA) is 139 Å². The summed E-state index contributed by atoms with van der Waals surface area (Å²) in [6.45, 7) is 4.85. The molecule has 0 saturated heterocycles. The van der Waals surface area contributed by atoms with Crippen molar-refractivity contribution in [3.63, 3.8) is 0 Å². The van der Waals surface area contributed by atoms with Crippen LogP contribution in [0, 0.1) is 16.7 Å². The summed E-state index contributed by atoms with van der Waals surface area (Å²) < 4.78 is 35.4. The molecule has 154 valence electrons. The van der Waals surface area contributed by atoms with Gasteiger partial charge >= 0.3 is 5.97 Å². The number of thiophene rings is 1. The van der Waals surface area contributed by atoms with Crippen LogP contribution in [0.1, 0.15) is 36.2 Å². The van der Waals surface area contributed by atoms with Gasteiger partial charge in [-0.25, -0.2) is 13.2 Å². The Balaban J connectivity index is 2.50. The monoisotopic (exact) mass is 437 g/mol. The van der Waals surface area contributed by atoms with E-state index in [1.165, 1.54) is 17.7 Å². The minimum atomic E-state index is -3.93. The Hall–Kier alpha value is -2.97. The molecule has 0 unspecified atom stereocenters. The normalized spacial score (nSPS) is 12.3. The lowest BCUT2D eigenvalue weighted by molar-refractivity contribution is -0.119. The second-order valence-corrected chi connectivity index (χ2v) is 9.73. The quantitative estimate of drug-likeness (QED) is 0.396. The van der Waals surface area contributed by atoms with Crippen molar-refractivity contribution in [3.8, 4) is 6.07 Å². The molecule has 0 amide bonds. The van der Waals surface area contributed by atoms with Crippen molar-refractivity contribution < 1.29 is 27.2 Å². The molecule has 0 bridgehead atoms. The van der Waals surface area contributed by atoms with Gasteiger partial charge in [-0.1, -0.05) is 20.8 Å². The van der Waals surface area contributed by atoms with Gasteiger partial charge in [0.25, 0.3) is 0 Å². The third kappa shape index (κ3) is 5.10. The van der Waals surface area contributed by atoms with Gasteiger partial charge in [-0.05, 0) is 12.1 Å². The molecule has 0 spiro atoms. The van der Waals surface area contributed by atoms with Crippen LogP contribution in [-0.4, -0.2) is 33.0 Å². The van der Waals surface area contributed by atoms with E-state index in [2.05, 4.69) is 15.3 Å². The maximum atomic E-state index is 12.8. The molecule has 0 radical (unpaired) electrons. The average molecular weight is 437 g/mol. The number of methoxy groups -OCH3 is 1. The Labute approximate surface area is 171 Å². The second-order valence-electron chi connectivity index (χ2n) is 6.90. The number of ether oxygens (including phenoxy) is 1. The van der Waals surface area contributed by atoms with E-state index in [0.717, 1.165) is 18.4 Å². The minimum absolute atomic E-state index is 0.0604. The Bertz CT molecular complexity index is 1080. The van der Waals surface area contributed by atoms with Gasteiger partial charge in [-0.15, -0.1) is 11.3 Å². The second kappa shape index (κ2) is 8.59. The molecule has 0 atom stereocenters. The number of furan rings is 1. The van der Waals surface area contributed by atoms with Gasteiger partial charge in [-0.3, -0.25) is 10.2 Å². The fourth-order valence-corrected chi connectivity index (χ4v) is 4.92. The molecule has 1 N–H and O–H groups in total. The zero-order chi connectivity index (χ0) is 21.8. The Morgan fingerprint density at radius 3 is 2.59 bits per heavy atom. The number of anilines is 1. The van der Waals surface area contributed by atoms with Crippen molar-refractivity contribution in [1.82, 2.24) is 0 Å². The number of carbonyl (C=O) groups excluding carboxylic acids is 2. The molecule has 0 saturated carbocycles. The number of nitrogens with one attached hydrogen (secondary N) is 1. The lowest BCUT2D eigenvalue weighted by Gasteiger charge is -2.14. The number of rotatable bonds is 7. The average Bonchev–Trinajstić information content (AvgIpc) is 3.30. The van der Waals surface area contributed by atoms with Gasteiger partial charge in [0.15, 0.2) is 15.6 Å². The zero-order valence-electron chi connectivity index (χ0n) is 16.2. The van der Waals surface area contributed by atoms with Crippen LogP contribution in [-0.2, 0) is 25.1 Å². The number of esters is 1. The van der Waals surface area contributed by atoms with Gasteiger partial charge < -0.3 is 9.15 Å². The standard InChI is InChI=1S/C18H19N3O6S2/c1-18(2,3)16(22)12(8-19)20-21-14-13(9-28-15(14)17(23)26-4)29(24,25)10-11-6-5-7-27-11/h5-7,9,21H,10H2,1-4H3. The molecule has 2 heterocycles. The molecule has 29 heavy (non-hydrogen) atoms. The van der Waals surface area contributed by atoms with Crippen LogP contribution in [0.3, 0.4) is 0 Å². The van der Waals surface area contributed by atoms with Gasteiger partial charge in [-0.2, -0.15) is 10.4 Å². The fraction of sp³-hybridized carbons (Fsp3) is 0.333. The molecule has 0 aliphatic heterocycles. The van der Waals surface area contributed by atoms with Gasteiger partial charge in [0.1, 0.15) is 33.0 Å². The van der Waals surface area contributed by atoms with Crippen molar-refractivity contribution in [2.24, 2.45) is 10.5 Å². The maximum Gasteiger partial charge on any atom is 0.350 e. The minimum Gasteiger partial charge on any atom is -0.468 e. The lowest BCUT2D eigenvalue weighted by Crippen LogP contribution is -2.28. The van der Waals surface area contributed by atoms with E-state index in [1.807, 2.05) is 0 Å². The Morgan fingerprint density at radius 1 is 1.38 bits per heavy atom. The molecular formula is C18H19N3O6S2. The van der Waals surface area contributed by atoms with Crippen molar-refractivity contribution in [2.45, 2.75) is 31.4 Å². The summed E-state index contributed by atoms with van der Waals surface area (Å²) >= 11 is 0.838. The van der Waals surface area contributed by atoms with Crippen molar-refractivity contribution in [2.75, 3.05) is 12.5 Å². The number of hydrogen-bond acceptors (Lipinski definition) is 10. The van der Waals surface area contributed by atoms with E-state index in [9.17, 15) is 23.3 Å². The molecule has 2 aromatic rings. The summed E-state index contributed by atoms with van der Waals surface area (Å²) in [4.78, 5) is 24.1. The first-order valence-electron chi connectivity index (χ1n) is 8.24. The van der Waals surface area contributed by atoms with Gasteiger partial charge in [0, 0.05) is 10.8 Å². The van der Waals surface area contributed by atoms with Gasteiger partial charge in [0.05, 0.1) is 13.4 Å². The summed E-state index contributed by atoms with van der Waals surface area (Å²) in [6.07, 6.45) is 1.35. The number of ketones is 1. The summed E-state index contributed by atoms with van der Waals surface area (Å²) in [5.41, 5.74) is 0.926. The SMILES string of the molecule is COC(=O)c1scc(S(=O)(=O)Cc2ccco2)c1NN=C(C#N)C(=O)C(C)(C)C. The van der Waals surface area contributed by atoms with E-state index < -0.39 is 38.5 Å². The fourth-order valence-electron chi connectivity index (χ4n) is 2.17. The molecule has 11 heteroatoms. The van der Waals surface area contributed by atoms with E-state index in [4.69, 9.17) is 4.42 Å². The van der Waals surface area contributed by atoms with Crippen LogP contribution in [0.2, 0.25) is 0 Å². The highest BCUT2D eigenvalue weighted by Crippen LogP contribution is 2.34. The first-order chi connectivity index (χ1) is 13.5. The third-order valence-electron chi connectivity index (χ3n) is 3.66. The van der Waals surface area contributed by atoms with Crippen LogP contribution in [0.4, 0.5) is 5.69 Å². The van der Waals surface area contributed by atoms with Crippen LogP contribution < -0.4 is 5.43 Å². The first kappa shape index (κ1) is 22.3. The summed E-state index contributed by atoms with van der Waals surface area (Å²) in [7, 11) is -2.78. The van der Waals surface area contributed by atoms with E-state index in [-0.39, 0.29) is 21.2 Å². The number of sulfone groups is 1. The highest BCUT2D eigenvalue weighted by molar-refractivity contribution is 7.91. The smallest absolute Gasteiger partial charge is 0.350 e. The van der Waals surface area contributed by atoms with Crippen molar-refractivity contribution in [1.29, 1.82) is 5.26 Å². The summed E-state index contributed by atoms with van der Waals surface area (Å²) in [6, 6.07) is 4.75. The highest BCUT2D eigenvalue weighted by atomic mass is 32.2. The largest absolute Gasteiger partial charge is 0.468 e. The molecule has 2 rings (SSSR count). The Kier molecular flexibility index (Phi) is 6.61. The highest BCUT2D eigenvalue weighted by Gasteiger charge is 2.30. The zero-order valence-corrected chi connectivity index (χ0v) is 17.8. The van der Waals surface area contributed by atoms with Crippen molar-refractivity contribution in [3.05, 3.63) is 34.4 Å². The third-order valence-corrected chi connectivity index (χ3v) is 6.42. The molecule has 0 aliphatic carbocycles. The molecule has 0 fully saturated rings. The molecule has 0 aliphatic rings. The number of hydrogen-bond donors (Lipinski definition) is 1. The van der Waals surface area contributed by atoms with E-state index in [0.29, 0.717) is 0 Å². The molecule has 0 aromatic carbocycles. The lowest BCUT2D eigenvalue weighted by atomic mass is 9.88. The Morgan fingerprint density at radius 2 is 2.07 bits per heavy atom. The number of carbonyl (C=O) groups is 2. The predicted molar refractivity (Wildman–Crippen MR) is 106 cm³/mol. The van der Waals surface area contributed by atoms with Crippen LogP contribution in [0.25, 0.3) is 0 Å². The van der Waals surface area contributed by atoms with E-state index in [1.54, 1.807) is 32.9 Å². The summed E-state index contributed by atoms with van der Waals surface area (Å²) in [5, 5.41) is 14.3. The predicted octanol–water partition coefficient (Wildman–Crippen LogP) is 3.01. The number of nitriles is 1. The molecule has 9 nitrogen and oxygen atoms in total. The first-order valence-corrected chi connectivity index (χ1v) is 10.8.